The molecule has 164 valence electrons. The molecule has 1 fully saturated rings. The number of amides is 3. The van der Waals surface area contributed by atoms with Crippen LogP contribution in [0.25, 0.3) is 6.08 Å². The summed E-state index contributed by atoms with van der Waals surface area (Å²) in [5.74, 6) is -0.250. The number of rotatable bonds is 8. The Bertz CT molecular complexity index is 731. The monoisotopic (exact) mass is 414 g/mol. The van der Waals surface area contributed by atoms with E-state index in [9.17, 15) is 14.4 Å². The highest BCUT2D eigenvalue weighted by Gasteiger charge is 2.25. The molecule has 1 aromatic rings. The van der Waals surface area contributed by atoms with Crippen molar-refractivity contribution in [2.24, 2.45) is 0 Å². The Hall–Kier alpha value is -2.67. The fourth-order valence-electron chi connectivity index (χ4n) is 3.55. The van der Waals surface area contributed by atoms with Gasteiger partial charge in [0, 0.05) is 45.3 Å². The normalized spacial score (nSPS) is 16.2. The summed E-state index contributed by atoms with van der Waals surface area (Å²) < 4.78 is 0. The van der Waals surface area contributed by atoms with E-state index in [4.69, 9.17) is 0 Å². The van der Waals surface area contributed by atoms with Crippen LogP contribution in [0.5, 0.6) is 0 Å². The van der Waals surface area contributed by atoms with Crippen LogP contribution in [-0.4, -0.2) is 84.3 Å². The first-order chi connectivity index (χ1) is 14.4. The van der Waals surface area contributed by atoms with Gasteiger partial charge in [-0.3, -0.25) is 19.3 Å². The van der Waals surface area contributed by atoms with Crippen LogP contribution in [0.2, 0.25) is 0 Å². The number of nitrogens with one attached hydrogen (secondary N) is 1. The van der Waals surface area contributed by atoms with E-state index >= 15 is 0 Å². The lowest BCUT2D eigenvalue weighted by molar-refractivity contribution is -0.135. The van der Waals surface area contributed by atoms with Crippen molar-refractivity contribution in [1.29, 1.82) is 0 Å². The number of nitrogens with zero attached hydrogens (tertiary/aromatic N) is 3. The van der Waals surface area contributed by atoms with Crippen molar-refractivity contribution >= 4 is 23.8 Å². The molecule has 1 heterocycles. The van der Waals surface area contributed by atoms with Gasteiger partial charge in [-0.25, -0.2) is 0 Å². The van der Waals surface area contributed by atoms with E-state index < -0.39 is 6.04 Å². The lowest BCUT2D eigenvalue weighted by Crippen LogP contribution is -2.48. The maximum absolute atomic E-state index is 12.8. The second-order valence-corrected chi connectivity index (χ2v) is 7.50. The number of hydrogen-bond acceptors (Lipinski definition) is 4. The SMILES string of the molecule is CCN(CC)C(=O)CN1CCCN(C(=O)C(C)NC(=O)/C=C/c2ccccc2)CC1. The molecule has 7 heteroatoms. The molecule has 0 bridgehead atoms. The molecular formula is C23H34N4O3. The number of carbonyl (C=O) groups excluding carboxylic acids is 3. The lowest BCUT2D eigenvalue weighted by atomic mass is 10.2. The quantitative estimate of drug-likeness (QED) is 0.656. The van der Waals surface area contributed by atoms with E-state index in [0.29, 0.717) is 39.3 Å². The van der Waals surface area contributed by atoms with Gasteiger partial charge in [-0.2, -0.15) is 0 Å². The Balaban J connectivity index is 1.82. The molecule has 7 nitrogen and oxygen atoms in total. The molecule has 1 aliphatic rings. The molecule has 2 rings (SSSR count). The Morgan fingerprint density at radius 2 is 1.77 bits per heavy atom. The van der Waals surface area contributed by atoms with E-state index in [2.05, 4.69) is 10.2 Å². The van der Waals surface area contributed by atoms with E-state index in [-0.39, 0.29) is 17.7 Å². The second kappa shape index (κ2) is 12.1. The molecular weight excluding hydrogens is 380 g/mol. The lowest BCUT2D eigenvalue weighted by Gasteiger charge is -2.26. The topological polar surface area (TPSA) is 73.0 Å². The highest BCUT2D eigenvalue weighted by Crippen LogP contribution is 2.07. The minimum atomic E-state index is -0.596. The molecule has 0 aliphatic carbocycles. The predicted molar refractivity (Wildman–Crippen MR) is 119 cm³/mol. The Labute approximate surface area is 179 Å². The summed E-state index contributed by atoms with van der Waals surface area (Å²) in [6.45, 7) is 10.1. The molecule has 0 saturated carbocycles. The summed E-state index contributed by atoms with van der Waals surface area (Å²) >= 11 is 0. The van der Waals surface area contributed by atoms with Crippen LogP contribution in [-0.2, 0) is 14.4 Å². The standard InChI is InChI=1S/C23H34N4O3/c1-4-26(5-2)22(29)18-25-14-9-15-27(17-16-25)23(30)19(3)24-21(28)13-12-20-10-7-6-8-11-20/h6-8,10-13,19H,4-5,9,14-18H2,1-3H3,(H,24,28)/b13-12+. The van der Waals surface area contributed by atoms with Crippen molar-refractivity contribution in [3.05, 3.63) is 42.0 Å². The smallest absolute Gasteiger partial charge is 0.244 e. The fraction of sp³-hybridized carbons (Fsp3) is 0.522. The maximum Gasteiger partial charge on any atom is 0.244 e. The molecule has 1 unspecified atom stereocenters. The van der Waals surface area contributed by atoms with Gasteiger partial charge in [0.15, 0.2) is 0 Å². The molecule has 0 aromatic heterocycles. The van der Waals surface area contributed by atoms with Gasteiger partial charge < -0.3 is 15.1 Å². The molecule has 1 atom stereocenters. The molecule has 1 N–H and O–H groups in total. The van der Waals surface area contributed by atoms with Crippen LogP contribution < -0.4 is 5.32 Å². The van der Waals surface area contributed by atoms with Crippen LogP contribution in [0.15, 0.2) is 36.4 Å². The average molecular weight is 415 g/mol. The first-order valence-corrected chi connectivity index (χ1v) is 10.8. The van der Waals surface area contributed by atoms with Gasteiger partial charge in [-0.05, 0) is 38.8 Å². The van der Waals surface area contributed by atoms with Crippen LogP contribution in [0.4, 0.5) is 0 Å². The number of benzene rings is 1. The minimum absolute atomic E-state index is 0.0895. The summed E-state index contributed by atoms with van der Waals surface area (Å²) in [6, 6.07) is 8.95. The zero-order chi connectivity index (χ0) is 21.9. The second-order valence-electron chi connectivity index (χ2n) is 7.50. The van der Waals surface area contributed by atoms with Crippen molar-refractivity contribution in [1.82, 2.24) is 20.0 Å². The summed E-state index contributed by atoms with van der Waals surface area (Å²) in [6.07, 6.45) is 3.98. The largest absolute Gasteiger partial charge is 0.342 e. The first-order valence-electron chi connectivity index (χ1n) is 10.8. The minimum Gasteiger partial charge on any atom is -0.342 e. The highest BCUT2D eigenvalue weighted by atomic mass is 16.2. The molecule has 30 heavy (non-hydrogen) atoms. The Morgan fingerprint density at radius 3 is 2.43 bits per heavy atom. The fourth-order valence-corrected chi connectivity index (χ4v) is 3.55. The number of hydrogen-bond donors (Lipinski definition) is 1. The van der Waals surface area contributed by atoms with Gasteiger partial charge in [0.2, 0.25) is 17.7 Å². The van der Waals surface area contributed by atoms with Gasteiger partial charge in [-0.1, -0.05) is 30.3 Å². The van der Waals surface area contributed by atoms with E-state index in [1.165, 1.54) is 6.08 Å². The van der Waals surface area contributed by atoms with E-state index in [1.54, 1.807) is 17.9 Å². The highest BCUT2D eigenvalue weighted by molar-refractivity contribution is 5.95. The summed E-state index contributed by atoms with van der Waals surface area (Å²) in [7, 11) is 0. The Kier molecular flexibility index (Phi) is 9.54. The van der Waals surface area contributed by atoms with Crippen LogP contribution in [0.3, 0.4) is 0 Å². The number of carbonyl (C=O) groups is 3. The van der Waals surface area contributed by atoms with Crippen molar-refractivity contribution < 1.29 is 14.4 Å². The van der Waals surface area contributed by atoms with Crippen molar-refractivity contribution in [3.8, 4) is 0 Å². The van der Waals surface area contributed by atoms with Gasteiger partial charge in [-0.15, -0.1) is 0 Å². The van der Waals surface area contributed by atoms with Crippen molar-refractivity contribution in [3.63, 3.8) is 0 Å². The van der Waals surface area contributed by atoms with E-state index in [1.807, 2.05) is 49.1 Å². The molecule has 1 aromatic carbocycles. The number of likely N-dealkylation sites (N-methyl/N-ethyl adjacent to an activating group) is 1. The molecule has 0 spiro atoms. The molecule has 3 amide bonds. The predicted octanol–water partition coefficient (Wildman–Crippen LogP) is 1.61. The van der Waals surface area contributed by atoms with Gasteiger partial charge >= 0.3 is 0 Å². The molecule has 1 saturated heterocycles. The van der Waals surface area contributed by atoms with Crippen molar-refractivity contribution in [2.75, 3.05) is 45.8 Å². The van der Waals surface area contributed by atoms with Gasteiger partial charge in [0.25, 0.3) is 0 Å². The third kappa shape index (κ3) is 7.30. The average Bonchev–Trinajstić information content (AvgIpc) is 2.99. The van der Waals surface area contributed by atoms with E-state index in [0.717, 1.165) is 18.5 Å². The van der Waals surface area contributed by atoms with Crippen LogP contribution in [0, 0.1) is 0 Å². The zero-order valence-corrected chi connectivity index (χ0v) is 18.3. The summed E-state index contributed by atoms with van der Waals surface area (Å²) in [5.41, 5.74) is 0.929. The third-order valence-electron chi connectivity index (χ3n) is 5.33. The Morgan fingerprint density at radius 1 is 1.07 bits per heavy atom. The maximum atomic E-state index is 12.8. The third-order valence-corrected chi connectivity index (χ3v) is 5.33. The summed E-state index contributed by atoms with van der Waals surface area (Å²) in [4.78, 5) is 43.0. The van der Waals surface area contributed by atoms with Crippen molar-refractivity contribution in [2.45, 2.75) is 33.2 Å². The van der Waals surface area contributed by atoms with Gasteiger partial charge in [0.1, 0.15) is 6.04 Å². The zero-order valence-electron chi connectivity index (χ0n) is 18.3. The van der Waals surface area contributed by atoms with Crippen LogP contribution in [0.1, 0.15) is 32.8 Å². The first kappa shape index (κ1) is 23.6. The molecule has 0 radical (unpaired) electrons. The van der Waals surface area contributed by atoms with Crippen LogP contribution >= 0.6 is 0 Å². The van der Waals surface area contributed by atoms with Gasteiger partial charge in [0.05, 0.1) is 6.54 Å². The molecule has 1 aliphatic heterocycles. The summed E-state index contributed by atoms with van der Waals surface area (Å²) in [5, 5.41) is 2.75.